The van der Waals surface area contributed by atoms with Crippen LogP contribution in [0.2, 0.25) is 0 Å². The Hall–Kier alpha value is -4.34. The predicted octanol–water partition coefficient (Wildman–Crippen LogP) is 10.7. The zero-order valence-corrected chi connectivity index (χ0v) is 21.4. The van der Waals surface area contributed by atoms with Gasteiger partial charge in [0.25, 0.3) is 0 Å². The first-order valence-corrected chi connectivity index (χ1v) is 13.2. The van der Waals surface area contributed by atoms with Crippen LogP contribution in [0.25, 0.3) is 54.3 Å². The average Bonchev–Trinajstić information content (AvgIpc) is 3.34. The van der Waals surface area contributed by atoms with Crippen LogP contribution in [-0.4, -0.2) is 0 Å². The lowest BCUT2D eigenvalue weighted by Crippen LogP contribution is -2.10. The molecule has 0 radical (unpaired) electrons. The summed E-state index contributed by atoms with van der Waals surface area (Å²) in [6.07, 6.45) is 0. The molecule has 0 aliphatic rings. The quantitative estimate of drug-likeness (QED) is 0.208. The van der Waals surface area contributed by atoms with Gasteiger partial charge in [-0.1, -0.05) is 101 Å². The summed E-state index contributed by atoms with van der Waals surface area (Å²) in [7, 11) is 0. The number of anilines is 3. The largest absolute Gasteiger partial charge is 0.454 e. The summed E-state index contributed by atoms with van der Waals surface area (Å²) in [5, 5.41) is 9.77. The van der Waals surface area contributed by atoms with Gasteiger partial charge >= 0.3 is 0 Å². The van der Waals surface area contributed by atoms with E-state index in [1.165, 1.54) is 32.3 Å². The summed E-state index contributed by atoms with van der Waals surface area (Å²) >= 11 is 3.78. The minimum Gasteiger partial charge on any atom is -0.454 e. The topological polar surface area (TPSA) is 16.4 Å². The van der Waals surface area contributed by atoms with Crippen molar-refractivity contribution < 1.29 is 4.42 Å². The first-order chi connectivity index (χ1) is 18.3. The Morgan fingerprint density at radius 2 is 1.16 bits per heavy atom. The number of rotatable bonds is 3. The summed E-state index contributed by atoms with van der Waals surface area (Å²) in [5.41, 5.74) is 5.03. The van der Waals surface area contributed by atoms with E-state index in [2.05, 4.69) is 130 Å². The molecule has 0 spiro atoms. The predicted molar refractivity (Wildman–Crippen MR) is 160 cm³/mol. The van der Waals surface area contributed by atoms with E-state index < -0.39 is 0 Å². The molecule has 0 fully saturated rings. The van der Waals surface area contributed by atoms with Crippen molar-refractivity contribution >= 4 is 87.2 Å². The van der Waals surface area contributed by atoms with Crippen molar-refractivity contribution in [2.45, 2.75) is 0 Å². The van der Waals surface area contributed by atoms with E-state index in [1.54, 1.807) is 0 Å². The van der Waals surface area contributed by atoms with E-state index in [0.29, 0.717) is 0 Å². The van der Waals surface area contributed by atoms with Crippen LogP contribution >= 0.6 is 15.9 Å². The number of hydrogen-bond donors (Lipinski definition) is 0. The van der Waals surface area contributed by atoms with Crippen LogP contribution in [-0.2, 0) is 0 Å². The number of benzene rings is 7. The summed E-state index contributed by atoms with van der Waals surface area (Å²) in [4.78, 5) is 2.34. The first kappa shape index (κ1) is 20.8. The van der Waals surface area contributed by atoms with Crippen molar-refractivity contribution in [3.8, 4) is 0 Å². The summed E-state index contributed by atoms with van der Waals surface area (Å²) in [5.74, 6) is 0. The lowest BCUT2D eigenvalue weighted by atomic mass is 9.93. The van der Waals surface area contributed by atoms with E-state index in [1.807, 2.05) is 12.1 Å². The highest BCUT2D eigenvalue weighted by Crippen LogP contribution is 2.47. The number of hydrogen-bond acceptors (Lipinski definition) is 2. The molecule has 3 heteroatoms. The van der Waals surface area contributed by atoms with Gasteiger partial charge in [-0.15, -0.1) is 0 Å². The van der Waals surface area contributed by atoms with Gasteiger partial charge in [0.1, 0.15) is 5.58 Å². The molecule has 7 aromatic carbocycles. The van der Waals surface area contributed by atoms with Crippen molar-refractivity contribution in [1.29, 1.82) is 0 Å². The van der Waals surface area contributed by atoms with Gasteiger partial charge < -0.3 is 9.32 Å². The SMILES string of the molecule is Brc1ccc2ccc3c(N(c4ccccc4)c4cccc5c4oc4ccccc45)ccc4ccc1c2c43. The van der Waals surface area contributed by atoms with Crippen LogP contribution in [0, 0.1) is 0 Å². The fourth-order valence-corrected chi connectivity index (χ4v) is 6.30. The molecule has 0 saturated carbocycles. The van der Waals surface area contributed by atoms with Gasteiger partial charge in [-0.2, -0.15) is 0 Å². The highest BCUT2D eigenvalue weighted by atomic mass is 79.9. The normalized spacial score (nSPS) is 11.9. The second kappa shape index (κ2) is 7.83. The zero-order valence-electron chi connectivity index (χ0n) is 19.8. The lowest BCUT2D eigenvalue weighted by molar-refractivity contribution is 0.669. The third-order valence-corrected chi connectivity index (χ3v) is 8.16. The van der Waals surface area contributed by atoms with E-state index in [9.17, 15) is 0 Å². The highest BCUT2D eigenvalue weighted by molar-refractivity contribution is 9.10. The third-order valence-electron chi connectivity index (χ3n) is 7.47. The second-order valence-corrected chi connectivity index (χ2v) is 10.3. The van der Waals surface area contributed by atoms with Gasteiger partial charge in [-0.3, -0.25) is 0 Å². The smallest absolute Gasteiger partial charge is 0.159 e. The molecule has 1 aromatic heterocycles. The maximum atomic E-state index is 6.50. The van der Waals surface area contributed by atoms with Crippen LogP contribution in [0.4, 0.5) is 17.1 Å². The fourth-order valence-electron chi connectivity index (χ4n) is 5.84. The van der Waals surface area contributed by atoms with Crippen molar-refractivity contribution in [1.82, 2.24) is 0 Å². The van der Waals surface area contributed by atoms with Gasteiger partial charge in [0.2, 0.25) is 0 Å². The van der Waals surface area contributed by atoms with Crippen LogP contribution in [0.15, 0.2) is 130 Å². The standard InChI is InChI=1S/C34H20BrNO/c35-28-19-15-21-14-18-27-29(20-16-22-13-17-26(28)32(21)33(22)27)36(23-7-2-1-3-8-23)30-11-6-10-25-24-9-4-5-12-31(24)37-34(25)30/h1-20H. The molecular formula is C34H20BrNO. The molecule has 8 rings (SSSR count). The monoisotopic (exact) mass is 537 g/mol. The van der Waals surface area contributed by atoms with Crippen molar-refractivity contribution in [3.05, 3.63) is 126 Å². The van der Waals surface area contributed by atoms with Crippen molar-refractivity contribution in [3.63, 3.8) is 0 Å². The van der Waals surface area contributed by atoms with E-state index in [0.717, 1.165) is 43.5 Å². The average molecular weight is 538 g/mol. The van der Waals surface area contributed by atoms with Crippen LogP contribution in [0.3, 0.4) is 0 Å². The Morgan fingerprint density at radius 3 is 2.03 bits per heavy atom. The number of nitrogens with zero attached hydrogens (tertiary/aromatic N) is 1. The summed E-state index contributed by atoms with van der Waals surface area (Å²) in [6.45, 7) is 0. The van der Waals surface area contributed by atoms with E-state index >= 15 is 0 Å². The van der Waals surface area contributed by atoms with Gasteiger partial charge in [0.15, 0.2) is 5.58 Å². The Morgan fingerprint density at radius 1 is 0.486 bits per heavy atom. The molecular weight excluding hydrogens is 518 g/mol. The Bertz CT molecular complexity index is 2110. The minimum absolute atomic E-state index is 0.890. The molecule has 0 amide bonds. The van der Waals surface area contributed by atoms with Gasteiger partial charge in [0, 0.05) is 26.3 Å². The molecule has 0 atom stereocenters. The number of halogens is 1. The van der Waals surface area contributed by atoms with Crippen LogP contribution < -0.4 is 4.90 Å². The van der Waals surface area contributed by atoms with Crippen LogP contribution in [0.5, 0.6) is 0 Å². The molecule has 37 heavy (non-hydrogen) atoms. The first-order valence-electron chi connectivity index (χ1n) is 12.4. The van der Waals surface area contributed by atoms with Gasteiger partial charge in [-0.25, -0.2) is 0 Å². The molecule has 0 aliphatic heterocycles. The molecule has 8 aromatic rings. The number of furan rings is 1. The molecule has 0 saturated heterocycles. The number of fused-ring (bicyclic) bond motifs is 3. The molecule has 0 aliphatic carbocycles. The fraction of sp³-hybridized carbons (Fsp3) is 0. The van der Waals surface area contributed by atoms with Crippen molar-refractivity contribution in [2.24, 2.45) is 0 Å². The summed E-state index contributed by atoms with van der Waals surface area (Å²) < 4.78 is 7.62. The Labute approximate surface area is 221 Å². The number of para-hydroxylation sites is 3. The zero-order chi connectivity index (χ0) is 24.5. The Balaban J connectivity index is 1.50. The molecule has 0 N–H and O–H groups in total. The van der Waals surface area contributed by atoms with Gasteiger partial charge in [0.05, 0.1) is 11.4 Å². The summed E-state index contributed by atoms with van der Waals surface area (Å²) in [6, 6.07) is 43.0. The Kier molecular flexibility index (Phi) is 4.40. The molecule has 174 valence electrons. The lowest BCUT2D eigenvalue weighted by Gasteiger charge is -2.27. The maximum Gasteiger partial charge on any atom is 0.159 e. The molecule has 0 bridgehead atoms. The maximum absolute atomic E-state index is 6.50. The van der Waals surface area contributed by atoms with Crippen LogP contribution in [0.1, 0.15) is 0 Å². The molecule has 0 unspecified atom stereocenters. The highest BCUT2D eigenvalue weighted by Gasteiger charge is 2.22. The van der Waals surface area contributed by atoms with E-state index in [4.69, 9.17) is 4.42 Å². The minimum atomic E-state index is 0.890. The van der Waals surface area contributed by atoms with Gasteiger partial charge in [-0.05, 0) is 63.3 Å². The molecule has 1 heterocycles. The third kappa shape index (κ3) is 2.98. The van der Waals surface area contributed by atoms with E-state index in [-0.39, 0.29) is 0 Å². The molecule has 2 nitrogen and oxygen atoms in total. The second-order valence-electron chi connectivity index (χ2n) is 9.48. The van der Waals surface area contributed by atoms with Crippen molar-refractivity contribution in [2.75, 3.05) is 4.90 Å².